The van der Waals surface area contributed by atoms with E-state index < -0.39 is 5.91 Å². The Bertz CT molecular complexity index is 1190. The van der Waals surface area contributed by atoms with E-state index in [9.17, 15) is 4.79 Å². The molecule has 3 N–H and O–H groups in total. The van der Waals surface area contributed by atoms with E-state index in [0.717, 1.165) is 30.0 Å². The molecule has 0 saturated carbocycles. The third-order valence-corrected chi connectivity index (χ3v) is 5.57. The van der Waals surface area contributed by atoms with E-state index >= 15 is 0 Å². The predicted molar refractivity (Wildman–Crippen MR) is 126 cm³/mol. The Balaban J connectivity index is 1.42. The lowest BCUT2D eigenvalue weighted by Crippen LogP contribution is -2.36. The zero-order valence-corrected chi connectivity index (χ0v) is 17.9. The highest BCUT2D eigenvalue weighted by atomic mass is 16.5. The minimum Gasteiger partial charge on any atom is -0.490 e. The number of carbonyl (C=O) groups is 1. The van der Waals surface area contributed by atoms with Crippen molar-refractivity contribution in [2.45, 2.75) is 0 Å². The summed E-state index contributed by atoms with van der Waals surface area (Å²) < 4.78 is 11.1. The Morgan fingerprint density at radius 2 is 1.94 bits per heavy atom. The molecule has 0 unspecified atom stereocenters. The fourth-order valence-electron chi connectivity index (χ4n) is 3.85. The van der Waals surface area contributed by atoms with Crippen LogP contribution in [0.2, 0.25) is 0 Å². The maximum atomic E-state index is 13.1. The van der Waals surface area contributed by atoms with Gasteiger partial charge in [-0.25, -0.2) is 9.97 Å². The van der Waals surface area contributed by atoms with Crippen molar-refractivity contribution in [3.63, 3.8) is 0 Å². The third-order valence-electron chi connectivity index (χ3n) is 5.57. The molecule has 2 aromatic heterocycles. The van der Waals surface area contributed by atoms with Crippen LogP contribution in [0, 0.1) is 0 Å². The molecule has 10 nitrogen and oxygen atoms in total. The van der Waals surface area contributed by atoms with Crippen LogP contribution in [-0.4, -0.2) is 68.3 Å². The number of fused-ring (bicyclic) bond motifs is 1. The van der Waals surface area contributed by atoms with E-state index in [0.29, 0.717) is 43.5 Å². The van der Waals surface area contributed by atoms with Gasteiger partial charge in [0.2, 0.25) is 7.98 Å². The van der Waals surface area contributed by atoms with Gasteiger partial charge in [-0.15, -0.1) is 0 Å². The van der Waals surface area contributed by atoms with Gasteiger partial charge >= 0.3 is 0 Å². The van der Waals surface area contributed by atoms with Crippen LogP contribution in [0.25, 0.3) is 11.3 Å². The number of anilines is 4. The van der Waals surface area contributed by atoms with Crippen molar-refractivity contribution in [1.82, 2.24) is 15.0 Å². The summed E-state index contributed by atoms with van der Waals surface area (Å²) in [5, 5.41) is 2.89. The van der Waals surface area contributed by atoms with Crippen LogP contribution in [0.15, 0.2) is 42.9 Å². The molecule has 2 radical (unpaired) electrons. The first-order valence-electron chi connectivity index (χ1n) is 10.6. The molecule has 3 aromatic rings. The summed E-state index contributed by atoms with van der Waals surface area (Å²) in [6.45, 7) is 3.81. The number of benzene rings is 1. The second kappa shape index (κ2) is 8.95. The summed E-state index contributed by atoms with van der Waals surface area (Å²) >= 11 is 0. The monoisotopic (exact) mass is 443 g/mol. The van der Waals surface area contributed by atoms with Crippen LogP contribution in [0.4, 0.5) is 22.9 Å². The van der Waals surface area contributed by atoms with Crippen molar-refractivity contribution in [2.75, 3.05) is 60.2 Å². The molecule has 4 heterocycles. The highest BCUT2D eigenvalue weighted by molar-refractivity contribution is 6.18. The van der Waals surface area contributed by atoms with E-state index in [-0.39, 0.29) is 11.5 Å². The lowest BCUT2D eigenvalue weighted by molar-refractivity contribution is 0.102. The Morgan fingerprint density at radius 1 is 1.09 bits per heavy atom. The van der Waals surface area contributed by atoms with Crippen molar-refractivity contribution in [3.05, 3.63) is 48.5 Å². The van der Waals surface area contributed by atoms with Gasteiger partial charge in [0.05, 0.1) is 48.4 Å². The summed E-state index contributed by atoms with van der Waals surface area (Å²) in [5.74, 6) is 0.221. The first kappa shape index (κ1) is 21.0. The molecule has 1 amide bonds. The largest absolute Gasteiger partial charge is 0.490 e. The molecule has 2 aliphatic heterocycles. The number of nitrogens with two attached hydrogens (primary N) is 1. The summed E-state index contributed by atoms with van der Waals surface area (Å²) in [5.41, 5.74) is 9.49. The molecule has 0 spiro atoms. The van der Waals surface area contributed by atoms with E-state index in [4.69, 9.17) is 23.2 Å². The smallest absolute Gasteiger partial charge is 0.278 e. The molecule has 0 bridgehead atoms. The van der Waals surface area contributed by atoms with Crippen LogP contribution in [0.5, 0.6) is 5.75 Å². The number of morpholine rings is 1. The van der Waals surface area contributed by atoms with Crippen molar-refractivity contribution >= 4 is 36.8 Å². The van der Waals surface area contributed by atoms with Gasteiger partial charge in [0, 0.05) is 31.4 Å². The zero-order valence-electron chi connectivity index (χ0n) is 17.9. The molecule has 33 heavy (non-hydrogen) atoms. The minimum atomic E-state index is -0.466. The number of nitrogens with one attached hydrogen (secondary N) is 1. The van der Waals surface area contributed by atoms with Crippen molar-refractivity contribution in [2.24, 2.45) is 0 Å². The zero-order chi connectivity index (χ0) is 22.8. The van der Waals surface area contributed by atoms with Gasteiger partial charge in [0.15, 0.2) is 11.5 Å². The second-order valence-corrected chi connectivity index (χ2v) is 7.66. The molecule has 1 saturated heterocycles. The number of hydrogen-bond acceptors (Lipinski definition) is 9. The van der Waals surface area contributed by atoms with E-state index in [1.165, 1.54) is 6.20 Å². The Kier molecular flexibility index (Phi) is 5.70. The van der Waals surface area contributed by atoms with Crippen LogP contribution in [0.1, 0.15) is 10.5 Å². The number of nitrogen functional groups attached to an aromatic ring is 1. The highest BCUT2D eigenvalue weighted by Crippen LogP contribution is 2.34. The first-order valence-corrected chi connectivity index (χ1v) is 10.6. The maximum absolute atomic E-state index is 13.1. The average Bonchev–Trinajstić information content (AvgIpc) is 2.85. The SMILES string of the molecule is [B]N1CCOc2cc(-c3cnc(N)c(C(=O)Nc4cnccc4N4CCOCC4)n3)ccc21. The number of hydrogen-bond donors (Lipinski definition) is 2. The van der Waals surface area contributed by atoms with Crippen LogP contribution in [-0.2, 0) is 4.74 Å². The average molecular weight is 443 g/mol. The molecular weight excluding hydrogens is 421 g/mol. The molecule has 0 aliphatic carbocycles. The first-order chi connectivity index (χ1) is 16.1. The minimum absolute atomic E-state index is 0.0309. The number of pyridine rings is 1. The fourth-order valence-corrected chi connectivity index (χ4v) is 3.85. The van der Waals surface area contributed by atoms with Crippen LogP contribution in [0.3, 0.4) is 0 Å². The molecule has 5 rings (SSSR count). The van der Waals surface area contributed by atoms with Crippen molar-refractivity contribution in [3.8, 4) is 17.0 Å². The quantitative estimate of drug-likeness (QED) is 0.578. The van der Waals surface area contributed by atoms with Gasteiger partial charge in [-0.1, -0.05) is 6.07 Å². The van der Waals surface area contributed by atoms with Gasteiger partial charge in [-0.2, -0.15) is 0 Å². The number of rotatable bonds is 4. The van der Waals surface area contributed by atoms with Gasteiger partial charge in [0.25, 0.3) is 5.91 Å². The molecule has 0 atom stereocenters. The molecule has 166 valence electrons. The molecule has 11 heteroatoms. The highest BCUT2D eigenvalue weighted by Gasteiger charge is 2.21. The summed E-state index contributed by atoms with van der Waals surface area (Å²) in [6, 6.07) is 7.40. The molecule has 2 aliphatic rings. The number of amides is 1. The standard InChI is InChI=1S/C22H22BN7O3/c23-30-7-10-33-19-11-14(1-2-18(19)30)15-13-26-21(24)20(27-15)22(31)28-16-12-25-4-3-17(16)29-5-8-32-9-6-29/h1-4,11-13H,5-10H2,(H2,24,26)(H,28,31). The number of ether oxygens (including phenoxy) is 2. The van der Waals surface area contributed by atoms with Crippen LogP contribution < -0.4 is 25.5 Å². The summed E-state index contributed by atoms with van der Waals surface area (Å²) in [6.07, 6.45) is 4.82. The number of carbonyl (C=O) groups excluding carboxylic acids is 1. The maximum Gasteiger partial charge on any atom is 0.278 e. The molecule has 1 fully saturated rings. The van der Waals surface area contributed by atoms with E-state index in [1.54, 1.807) is 17.2 Å². The third kappa shape index (κ3) is 4.27. The number of nitrogens with zero attached hydrogens (tertiary/aromatic N) is 5. The lowest BCUT2D eigenvalue weighted by atomic mass is 10.1. The van der Waals surface area contributed by atoms with Crippen molar-refractivity contribution in [1.29, 1.82) is 0 Å². The van der Waals surface area contributed by atoms with Gasteiger partial charge in [-0.05, 0) is 18.2 Å². The van der Waals surface area contributed by atoms with Gasteiger partial charge < -0.3 is 30.2 Å². The predicted octanol–water partition coefficient (Wildman–Crippen LogP) is 1.49. The van der Waals surface area contributed by atoms with E-state index in [2.05, 4.69) is 25.2 Å². The molecule has 1 aromatic carbocycles. The lowest BCUT2D eigenvalue weighted by Gasteiger charge is -2.30. The second-order valence-electron chi connectivity index (χ2n) is 7.66. The normalized spacial score (nSPS) is 15.5. The topological polar surface area (TPSA) is 119 Å². The Morgan fingerprint density at radius 3 is 2.79 bits per heavy atom. The Labute approximate surface area is 192 Å². The van der Waals surface area contributed by atoms with Crippen LogP contribution >= 0.6 is 0 Å². The molecular formula is C22H22BN7O3. The summed E-state index contributed by atoms with van der Waals surface area (Å²) in [4.78, 5) is 29.7. The Hall–Kier alpha value is -3.86. The number of aromatic nitrogens is 3. The van der Waals surface area contributed by atoms with Gasteiger partial charge in [-0.3, -0.25) is 9.78 Å². The summed E-state index contributed by atoms with van der Waals surface area (Å²) in [7, 11) is 6.00. The fraction of sp³-hybridized carbons (Fsp3) is 0.273. The van der Waals surface area contributed by atoms with E-state index in [1.807, 2.05) is 24.3 Å². The van der Waals surface area contributed by atoms with Crippen molar-refractivity contribution < 1.29 is 14.3 Å². The van der Waals surface area contributed by atoms with Gasteiger partial charge in [0.1, 0.15) is 12.4 Å².